The van der Waals surface area contributed by atoms with Gasteiger partial charge < -0.3 is 14.5 Å². The van der Waals surface area contributed by atoms with Crippen LogP contribution in [0.4, 0.5) is 0 Å². The molecule has 1 aromatic heterocycles. The van der Waals surface area contributed by atoms with Crippen LogP contribution in [0.15, 0.2) is 34.7 Å². The van der Waals surface area contributed by atoms with Gasteiger partial charge in [0, 0.05) is 11.6 Å². The topological polar surface area (TPSA) is 34.4 Å². The minimum absolute atomic E-state index is 0.664. The molecule has 1 aliphatic carbocycles. The van der Waals surface area contributed by atoms with Crippen molar-refractivity contribution >= 4 is 11.6 Å². The van der Waals surface area contributed by atoms with Gasteiger partial charge in [-0.15, -0.1) is 0 Å². The first-order chi connectivity index (χ1) is 9.26. The van der Waals surface area contributed by atoms with Gasteiger partial charge in [0.2, 0.25) is 0 Å². The predicted octanol–water partition coefficient (Wildman–Crippen LogP) is 3.86. The maximum atomic E-state index is 6.20. The second-order valence-electron chi connectivity index (χ2n) is 4.77. The van der Waals surface area contributed by atoms with Crippen LogP contribution in [0.25, 0.3) is 11.3 Å². The summed E-state index contributed by atoms with van der Waals surface area (Å²) < 4.78 is 11.0. The first kappa shape index (κ1) is 12.6. The number of hydrogen-bond donors (Lipinski definition) is 1. The van der Waals surface area contributed by atoms with Gasteiger partial charge in [0.25, 0.3) is 0 Å². The van der Waals surface area contributed by atoms with E-state index in [4.69, 9.17) is 20.8 Å². The normalized spacial score (nSPS) is 14.6. The van der Waals surface area contributed by atoms with Gasteiger partial charge in [-0.25, -0.2) is 0 Å². The van der Waals surface area contributed by atoms with Crippen LogP contribution in [0.5, 0.6) is 5.75 Å². The average molecular weight is 278 g/mol. The molecule has 3 rings (SSSR count). The van der Waals surface area contributed by atoms with Crippen LogP contribution in [-0.2, 0) is 6.54 Å². The van der Waals surface area contributed by atoms with E-state index < -0.39 is 0 Å². The third-order valence-corrected chi connectivity index (χ3v) is 3.57. The summed E-state index contributed by atoms with van der Waals surface area (Å²) in [7, 11) is 1.64. The molecule has 3 nitrogen and oxygen atoms in total. The molecule has 1 aliphatic rings. The van der Waals surface area contributed by atoms with Crippen LogP contribution in [0, 0.1) is 0 Å². The fourth-order valence-electron chi connectivity index (χ4n) is 1.97. The third-order valence-electron chi connectivity index (χ3n) is 3.24. The average Bonchev–Trinajstić information content (AvgIpc) is 3.15. The van der Waals surface area contributed by atoms with Gasteiger partial charge >= 0.3 is 0 Å². The Hall–Kier alpha value is -1.45. The van der Waals surface area contributed by atoms with Crippen molar-refractivity contribution in [2.75, 3.05) is 7.11 Å². The Labute approximate surface area is 117 Å². The van der Waals surface area contributed by atoms with E-state index >= 15 is 0 Å². The van der Waals surface area contributed by atoms with Gasteiger partial charge in [-0.2, -0.15) is 0 Å². The molecule has 1 fully saturated rings. The van der Waals surface area contributed by atoms with Crippen molar-refractivity contribution in [3.63, 3.8) is 0 Å². The van der Waals surface area contributed by atoms with Crippen molar-refractivity contribution in [3.8, 4) is 17.1 Å². The minimum Gasteiger partial charge on any atom is -0.497 e. The van der Waals surface area contributed by atoms with Crippen molar-refractivity contribution in [1.29, 1.82) is 0 Å². The van der Waals surface area contributed by atoms with Crippen molar-refractivity contribution in [1.82, 2.24) is 5.32 Å². The number of halogens is 1. The molecule has 1 aromatic carbocycles. The molecule has 100 valence electrons. The van der Waals surface area contributed by atoms with Crippen molar-refractivity contribution in [2.45, 2.75) is 25.4 Å². The van der Waals surface area contributed by atoms with E-state index in [1.807, 2.05) is 30.3 Å². The zero-order valence-electron chi connectivity index (χ0n) is 10.8. The number of ether oxygens (including phenoxy) is 1. The van der Waals surface area contributed by atoms with Gasteiger partial charge in [-0.3, -0.25) is 0 Å². The van der Waals surface area contributed by atoms with Crippen molar-refractivity contribution in [2.24, 2.45) is 0 Å². The van der Waals surface area contributed by atoms with E-state index in [-0.39, 0.29) is 0 Å². The summed E-state index contributed by atoms with van der Waals surface area (Å²) >= 11 is 6.20. The fraction of sp³-hybridized carbons (Fsp3) is 0.333. The maximum absolute atomic E-state index is 6.20. The van der Waals surface area contributed by atoms with Crippen LogP contribution in [0.3, 0.4) is 0 Å². The summed E-state index contributed by atoms with van der Waals surface area (Å²) in [5.41, 5.74) is 0.860. The van der Waals surface area contributed by atoms with Crippen LogP contribution in [0.1, 0.15) is 18.6 Å². The van der Waals surface area contributed by atoms with E-state index in [1.54, 1.807) is 7.11 Å². The Bertz CT molecular complexity index is 575. The summed E-state index contributed by atoms with van der Waals surface area (Å²) in [6, 6.07) is 10.2. The summed E-state index contributed by atoms with van der Waals surface area (Å²) in [6.45, 7) is 0.770. The Morgan fingerprint density at radius 3 is 2.89 bits per heavy atom. The Morgan fingerprint density at radius 1 is 1.32 bits per heavy atom. The molecule has 1 N–H and O–H groups in total. The van der Waals surface area contributed by atoms with Gasteiger partial charge in [0.05, 0.1) is 18.7 Å². The molecule has 2 aromatic rings. The molecule has 0 atom stereocenters. The lowest BCUT2D eigenvalue weighted by Crippen LogP contribution is -2.14. The van der Waals surface area contributed by atoms with E-state index in [2.05, 4.69) is 5.32 Å². The summed E-state index contributed by atoms with van der Waals surface area (Å²) in [5.74, 6) is 2.48. The Balaban J connectivity index is 1.80. The predicted molar refractivity (Wildman–Crippen MR) is 75.6 cm³/mol. The number of nitrogens with one attached hydrogen (secondary N) is 1. The highest BCUT2D eigenvalue weighted by Gasteiger charge is 2.20. The molecule has 19 heavy (non-hydrogen) atoms. The molecule has 0 bridgehead atoms. The van der Waals surface area contributed by atoms with E-state index in [1.165, 1.54) is 12.8 Å². The van der Waals surface area contributed by atoms with Gasteiger partial charge in [0.1, 0.15) is 17.3 Å². The third kappa shape index (κ3) is 2.94. The molecule has 0 spiro atoms. The lowest BCUT2D eigenvalue weighted by atomic mass is 10.1. The smallest absolute Gasteiger partial charge is 0.135 e. The van der Waals surface area contributed by atoms with Crippen LogP contribution in [0.2, 0.25) is 5.02 Å². The maximum Gasteiger partial charge on any atom is 0.135 e. The number of furan rings is 1. The zero-order valence-corrected chi connectivity index (χ0v) is 11.5. The highest BCUT2D eigenvalue weighted by molar-refractivity contribution is 6.33. The molecule has 1 saturated carbocycles. The zero-order chi connectivity index (χ0) is 13.2. The summed E-state index contributed by atoms with van der Waals surface area (Å²) in [4.78, 5) is 0. The first-order valence-electron chi connectivity index (χ1n) is 6.42. The minimum atomic E-state index is 0.664. The molecule has 0 unspecified atom stereocenters. The van der Waals surface area contributed by atoms with Crippen LogP contribution < -0.4 is 10.1 Å². The first-order valence-corrected chi connectivity index (χ1v) is 6.80. The Morgan fingerprint density at radius 2 is 2.16 bits per heavy atom. The second-order valence-corrected chi connectivity index (χ2v) is 5.17. The molecule has 4 heteroatoms. The molecule has 0 radical (unpaired) electrons. The SMILES string of the molecule is COc1ccc(Cl)c(-c2ccc(CNC3CC3)o2)c1. The fourth-order valence-corrected chi connectivity index (χ4v) is 2.18. The molecular formula is C15H16ClNO2. The van der Waals surface area contributed by atoms with E-state index in [0.29, 0.717) is 11.1 Å². The van der Waals surface area contributed by atoms with Crippen LogP contribution in [-0.4, -0.2) is 13.2 Å². The van der Waals surface area contributed by atoms with Crippen LogP contribution >= 0.6 is 11.6 Å². The molecule has 0 aliphatic heterocycles. The van der Waals surface area contributed by atoms with Gasteiger partial charge in [-0.05, 0) is 43.2 Å². The van der Waals surface area contributed by atoms with Crippen molar-refractivity contribution in [3.05, 3.63) is 41.1 Å². The number of methoxy groups -OCH3 is 1. The molecular weight excluding hydrogens is 262 g/mol. The quantitative estimate of drug-likeness (QED) is 0.901. The number of rotatable bonds is 5. The number of benzene rings is 1. The highest BCUT2D eigenvalue weighted by atomic mass is 35.5. The highest BCUT2D eigenvalue weighted by Crippen LogP contribution is 2.32. The van der Waals surface area contributed by atoms with Crippen molar-refractivity contribution < 1.29 is 9.15 Å². The monoisotopic (exact) mass is 277 g/mol. The number of hydrogen-bond acceptors (Lipinski definition) is 3. The lowest BCUT2D eigenvalue weighted by molar-refractivity contribution is 0.414. The lowest BCUT2D eigenvalue weighted by Gasteiger charge is -2.05. The second kappa shape index (κ2) is 5.27. The summed E-state index contributed by atoms with van der Waals surface area (Å²) in [6.07, 6.45) is 2.55. The molecule has 1 heterocycles. The van der Waals surface area contributed by atoms with E-state index in [0.717, 1.165) is 29.4 Å². The Kier molecular flexibility index (Phi) is 3.49. The molecule has 0 saturated heterocycles. The largest absolute Gasteiger partial charge is 0.497 e. The van der Waals surface area contributed by atoms with Gasteiger partial charge in [0.15, 0.2) is 0 Å². The standard InChI is InChI=1S/C15H16ClNO2/c1-18-11-4-6-14(16)13(8-11)15-7-5-12(19-15)9-17-10-2-3-10/h4-8,10,17H,2-3,9H2,1H3. The van der Waals surface area contributed by atoms with Gasteiger partial charge in [-0.1, -0.05) is 11.6 Å². The summed E-state index contributed by atoms with van der Waals surface area (Å²) in [5, 5.41) is 4.09. The molecule has 0 amide bonds. The van der Waals surface area contributed by atoms with E-state index in [9.17, 15) is 0 Å².